The van der Waals surface area contributed by atoms with Crippen molar-refractivity contribution >= 4 is 0 Å². The number of unbranched alkanes of at least 4 members (excludes halogenated alkanes) is 12. The molecule has 1 N–H and O–H groups in total. The highest BCUT2D eigenvalue weighted by molar-refractivity contribution is 4.61. The number of hydrogen-bond acceptors (Lipinski definition) is 2. The summed E-state index contributed by atoms with van der Waals surface area (Å²) in [5.41, 5.74) is 0. The van der Waals surface area contributed by atoms with Crippen molar-refractivity contribution in [2.45, 2.75) is 116 Å². The molecular formula is C22H48N2. The zero-order chi connectivity index (χ0) is 17.9. The molecular weight excluding hydrogens is 292 g/mol. The van der Waals surface area contributed by atoms with Gasteiger partial charge in [0.1, 0.15) is 0 Å². The van der Waals surface area contributed by atoms with E-state index >= 15 is 0 Å². The minimum atomic E-state index is 0.694. The topological polar surface area (TPSA) is 15.3 Å². The van der Waals surface area contributed by atoms with Crippen LogP contribution in [0, 0.1) is 0 Å². The molecule has 0 aliphatic heterocycles. The highest BCUT2D eigenvalue weighted by atomic mass is 15.1. The largest absolute Gasteiger partial charge is 0.314 e. The van der Waals surface area contributed by atoms with Crippen molar-refractivity contribution in [3.63, 3.8) is 0 Å². The third kappa shape index (κ3) is 20.0. The van der Waals surface area contributed by atoms with E-state index in [1.54, 1.807) is 0 Å². The molecule has 0 heterocycles. The lowest BCUT2D eigenvalue weighted by Crippen LogP contribution is -2.29. The van der Waals surface area contributed by atoms with Gasteiger partial charge >= 0.3 is 0 Å². The average Bonchev–Trinajstić information content (AvgIpc) is 2.55. The van der Waals surface area contributed by atoms with Crippen LogP contribution in [0.1, 0.15) is 110 Å². The molecule has 1 unspecified atom stereocenters. The molecule has 0 aromatic rings. The quantitative estimate of drug-likeness (QED) is 0.274. The fraction of sp³-hybridized carbons (Fsp3) is 1.00. The van der Waals surface area contributed by atoms with E-state index in [9.17, 15) is 0 Å². The number of nitrogens with one attached hydrogen (secondary N) is 1. The molecule has 0 radical (unpaired) electrons. The normalized spacial score (nSPS) is 12.9. The zero-order valence-electron chi connectivity index (χ0n) is 17.5. The standard InChI is InChI=1S/C22H48N2/c1-5-6-7-8-9-10-11-12-13-14-15-16-17-19-22(2)23-20-18-21-24(3)4/h22-23H,5-21H2,1-4H3. The van der Waals surface area contributed by atoms with Crippen molar-refractivity contribution < 1.29 is 0 Å². The molecule has 0 rings (SSSR count). The van der Waals surface area contributed by atoms with E-state index in [-0.39, 0.29) is 0 Å². The first-order valence-electron chi connectivity index (χ1n) is 11.0. The first kappa shape index (κ1) is 23.9. The lowest BCUT2D eigenvalue weighted by molar-refractivity contribution is 0.383. The molecule has 146 valence electrons. The SMILES string of the molecule is CCCCCCCCCCCCCCCC(C)NCCCN(C)C. The summed E-state index contributed by atoms with van der Waals surface area (Å²) in [6.45, 7) is 7.00. The van der Waals surface area contributed by atoms with E-state index in [1.165, 1.54) is 103 Å². The summed E-state index contributed by atoms with van der Waals surface area (Å²) >= 11 is 0. The summed E-state index contributed by atoms with van der Waals surface area (Å²) in [5.74, 6) is 0. The molecule has 1 atom stereocenters. The van der Waals surface area contributed by atoms with E-state index in [2.05, 4.69) is 38.2 Å². The monoisotopic (exact) mass is 340 g/mol. The second-order valence-electron chi connectivity index (χ2n) is 8.04. The van der Waals surface area contributed by atoms with Gasteiger partial charge in [-0.05, 0) is 47.0 Å². The molecule has 0 aliphatic carbocycles. The van der Waals surface area contributed by atoms with Crippen molar-refractivity contribution in [1.82, 2.24) is 10.2 Å². The lowest BCUT2D eigenvalue weighted by Gasteiger charge is -2.15. The van der Waals surface area contributed by atoms with Crippen LogP contribution in [0.4, 0.5) is 0 Å². The predicted octanol–water partition coefficient (Wildman–Crippen LogP) is 6.40. The molecule has 0 aromatic carbocycles. The second kappa shape index (κ2) is 19.2. The van der Waals surface area contributed by atoms with Gasteiger partial charge in [-0.3, -0.25) is 0 Å². The molecule has 0 saturated carbocycles. The predicted molar refractivity (Wildman–Crippen MR) is 111 cm³/mol. The molecule has 0 saturated heterocycles. The summed E-state index contributed by atoms with van der Waals surface area (Å²) in [4.78, 5) is 2.26. The van der Waals surface area contributed by atoms with Crippen molar-refractivity contribution in [2.24, 2.45) is 0 Å². The summed E-state index contributed by atoms with van der Waals surface area (Å²) in [6, 6.07) is 0.694. The Hall–Kier alpha value is -0.0800. The molecule has 0 aromatic heterocycles. The Morgan fingerprint density at radius 1 is 0.667 bits per heavy atom. The summed E-state index contributed by atoms with van der Waals surface area (Å²) in [7, 11) is 4.30. The van der Waals surface area contributed by atoms with Crippen LogP contribution >= 0.6 is 0 Å². The Balaban J connectivity index is 3.11. The molecule has 0 bridgehead atoms. The molecule has 2 nitrogen and oxygen atoms in total. The molecule has 24 heavy (non-hydrogen) atoms. The minimum absolute atomic E-state index is 0.694. The Kier molecular flexibility index (Phi) is 19.2. The van der Waals surface area contributed by atoms with E-state index in [0.29, 0.717) is 6.04 Å². The van der Waals surface area contributed by atoms with Gasteiger partial charge in [0, 0.05) is 6.04 Å². The van der Waals surface area contributed by atoms with E-state index in [0.717, 1.165) is 6.54 Å². The first-order valence-corrected chi connectivity index (χ1v) is 11.0. The van der Waals surface area contributed by atoms with Crippen molar-refractivity contribution in [1.29, 1.82) is 0 Å². The van der Waals surface area contributed by atoms with Gasteiger partial charge in [-0.2, -0.15) is 0 Å². The van der Waals surface area contributed by atoms with Crippen LogP contribution in [0.15, 0.2) is 0 Å². The molecule has 0 amide bonds. The van der Waals surface area contributed by atoms with Crippen LogP contribution < -0.4 is 5.32 Å². The molecule has 2 heteroatoms. The van der Waals surface area contributed by atoms with Gasteiger partial charge < -0.3 is 10.2 Å². The average molecular weight is 341 g/mol. The second-order valence-corrected chi connectivity index (χ2v) is 8.04. The Labute approximate surface area is 154 Å². The summed E-state index contributed by atoms with van der Waals surface area (Å²) < 4.78 is 0. The van der Waals surface area contributed by atoms with E-state index in [4.69, 9.17) is 0 Å². The Morgan fingerprint density at radius 3 is 1.58 bits per heavy atom. The number of rotatable bonds is 19. The van der Waals surface area contributed by atoms with Gasteiger partial charge in [-0.15, -0.1) is 0 Å². The molecule has 0 spiro atoms. The molecule has 0 fully saturated rings. The van der Waals surface area contributed by atoms with Crippen LogP contribution in [0.5, 0.6) is 0 Å². The Bertz CT molecular complexity index is 228. The smallest absolute Gasteiger partial charge is 0.00387 e. The third-order valence-electron chi connectivity index (χ3n) is 5.02. The van der Waals surface area contributed by atoms with Crippen LogP contribution in [0.2, 0.25) is 0 Å². The maximum Gasteiger partial charge on any atom is 0.00387 e. The van der Waals surface area contributed by atoms with Crippen molar-refractivity contribution in [3.05, 3.63) is 0 Å². The number of hydrogen-bond donors (Lipinski definition) is 1. The van der Waals surface area contributed by atoms with Gasteiger partial charge in [0.05, 0.1) is 0 Å². The van der Waals surface area contributed by atoms with Crippen LogP contribution in [0.3, 0.4) is 0 Å². The summed E-state index contributed by atoms with van der Waals surface area (Å²) in [5, 5.41) is 3.65. The molecule has 0 aliphatic rings. The van der Waals surface area contributed by atoms with Gasteiger partial charge in [0.2, 0.25) is 0 Å². The van der Waals surface area contributed by atoms with Crippen LogP contribution in [-0.2, 0) is 0 Å². The minimum Gasteiger partial charge on any atom is -0.314 e. The fourth-order valence-electron chi connectivity index (χ4n) is 3.31. The lowest BCUT2D eigenvalue weighted by atomic mass is 10.0. The first-order chi connectivity index (χ1) is 11.7. The fourth-order valence-corrected chi connectivity index (χ4v) is 3.31. The number of nitrogens with zero attached hydrogens (tertiary/aromatic N) is 1. The maximum atomic E-state index is 3.65. The van der Waals surface area contributed by atoms with Crippen LogP contribution in [-0.4, -0.2) is 38.1 Å². The third-order valence-corrected chi connectivity index (χ3v) is 5.02. The van der Waals surface area contributed by atoms with E-state index in [1.807, 2.05) is 0 Å². The highest BCUT2D eigenvalue weighted by Gasteiger charge is 2.01. The van der Waals surface area contributed by atoms with Gasteiger partial charge in [-0.25, -0.2) is 0 Å². The summed E-state index contributed by atoms with van der Waals surface area (Å²) in [6.07, 6.45) is 21.4. The van der Waals surface area contributed by atoms with Crippen molar-refractivity contribution in [2.75, 3.05) is 27.2 Å². The van der Waals surface area contributed by atoms with Crippen LogP contribution in [0.25, 0.3) is 0 Å². The van der Waals surface area contributed by atoms with Gasteiger partial charge in [0.25, 0.3) is 0 Å². The van der Waals surface area contributed by atoms with Crippen molar-refractivity contribution in [3.8, 4) is 0 Å². The van der Waals surface area contributed by atoms with E-state index < -0.39 is 0 Å². The zero-order valence-corrected chi connectivity index (χ0v) is 17.5. The maximum absolute atomic E-state index is 3.65. The Morgan fingerprint density at radius 2 is 1.12 bits per heavy atom. The van der Waals surface area contributed by atoms with Gasteiger partial charge in [0.15, 0.2) is 0 Å². The van der Waals surface area contributed by atoms with Gasteiger partial charge in [-0.1, -0.05) is 90.4 Å². The highest BCUT2D eigenvalue weighted by Crippen LogP contribution is 2.13.